The summed E-state index contributed by atoms with van der Waals surface area (Å²) >= 11 is 0. The third-order valence-electron chi connectivity index (χ3n) is 5.58. The summed E-state index contributed by atoms with van der Waals surface area (Å²) in [6, 6.07) is 19.3. The van der Waals surface area contributed by atoms with Crippen LogP contribution in [-0.2, 0) is 11.3 Å². The number of aromatic nitrogens is 1. The van der Waals surface area contributed by atoms with Gasteiger partial charge in [0.25, 0.3) is 0 Å². The van der Waals surface area contributed by atoms with E-state index < -0.39 is 29.7 Å². The minimum absolute atomic E-state index is 0.0678. The van der Waals surface area contributed by atoms with Gasteiger partial charge in [0, 0.05) is 12.1 Å². The van der Waals surface area contributed by atoms with Crippen LogP contribution in [0, 0.1) is 11.7 Å². The molecule has 34 heavy (non-hydrogen) atoms. The molecular weight excluding hydrogens is 433 g/mol. The molecule has 2 aromatic carbocycles. The van der Waals surface area contributed by atoms with Crippen LogP contribution in [0.5, 0.6) is 5.75 Å². The average Bonchev–Trinajstić information content (AvgIpc) is 2.85. The van der Waals surface area contributed by atoms with Gasteiger partial charge in [0.1, 0.15) is 0 Å². The molecule has 0 fully saturated rings. The summed E-state index contributed by atoms with van der Waals surface area (Å²) in [6.07, 6.45) is 3.97. The van der Waals surface area contributed by atoms with E-state index in [0.29, 0.717) is 30.7 Å². The number of rotatable bonds is 12. The number of hydrogen-bond donors (Lipinski definition) is 3. The van der Waals surface area contributed by atoms with Crippen LogP contribution in [0.1, 0.15) is 29.7 Å². The second-order valence-corrected chi connectivity index (χ2v) is 8.08. The summed E-state index contributed by atoms with van der Waals surface area (Å²) < 4.78 is 19.4. The van der Waals surface area contributed by atoms with Crippen LogP contribution >= 0.6 is 0 Å². The normalized spacial score (nSPS) is 14.4. The van der Waals surface area contributed by atoms with Gasteiger partial charge in [-0.1, -0.05) is 48.5 Å². The highest BCUT2D eigenvalue weighted by Crippen LogP contribution is 2.26. The molecule has 0 saturated carbocycles. The maximum absolute atomic E-state index is 13.8. The Labute approximate surface area is 199 Å². The predicted molar refractivity (Wildman–Crippen MR) is 131 cm³/mol. The van der Waals surface area contributed by atoms with Gasteiger partial charge < -0.3 is 20.1 Å². The van der Waals surface area contributed by atoms with Crippen molar-refractivity contribution in [2.75, 3.05) is 6.61 Å². The Kier molecular flexibility index (Phi) is 9.52. The summed E-state index contributed by atoms with van der Waals surface area (Å²) in [5, 5.41) is 30.8. The fourth-order valence-electron chi connectivity index (χ4n) is 3.69. The molecule has 3 aromatic rings. The Morgan fingerprint density at radius 2 is 1.79 bits per heavy atom. The number of ether oxygens (including phenoxy) is 1. The molecule has 0 bridgehead atoms. The van der Waals surface area contributed by atoms with E-state index in [-0.39, 0.29) is 6.61 Å². The second-order valence-electron chi connectivity index (χ2n) is 8.08. The van der Waals surface area contributed by atoms with Gasteiger partial charge in [-0.25, -0.2) is 4.39 Å². The molecular formula is C28H30FNO4. The van der Waals surface area contributed by atoms with Crippen molar-refractivity contribution in [3.8, 4) is 5.75 Å². The smallest absolute Gasteiger partial charge is 0.165 e. The SMILES string of the molecule is C=C[C@H]([C@H](O)CC/C(=C/c1ccc(O)c(F)c1)c1ccccn1)[C@H](O)COCc1ccccc1. The largest absolute Gasteiger partial charge is 0.505 e. The van der Waals surface area contributed by atoms with Crippen molar-refractivity contribution in [1.82, 2.24) is 4.98 Å². The van der Waals surface area contributed by atoms with E-state index >= 15 is 0 Å². The zero-order valence-corrected chi connectivity index (χ0v) is 18.9. The lowest BCUT2D eigenvalue weighted by Crippen LogP contribution is -2.33. The highest BCUT2D eigenvalue weighted by Gasteiger charge is 2.25. The first kappa shape index (κ1) is 25.3. The van der Waals surface area contributed by atoms with E-state index in [0.717, 1.165) is 11.1 Å². The summed E-state index contributed by atoms with van der Waals surface area (Å²) in [4.78, 5) is 4.38. The Morgan fingerprint density at radius 1 is 1.03 bits per heavy atom. The fourth-order valence-corrected chi connectivity index (χ4v) is 3.69. The molecule has 6 heteroatoms. The number of allylic oxidation sites excluding steroid dienone is 1. The van der Waals surface area contributed by atoms with E-state index in [1.165, 1.54) is 12.1 Å². The molecule has 0 spiro atoms. The summed E-state index contributed by atoms with van der Waals surface area (Å²) in [7, 11) is 0. The molecule has 5 nitrogen and oxygen atoms in total. The Balaban J connectivity index is 1.65. The zero-order chi connectivity index (χ0) is 24.3. The van der Waals surface area contributed by atoms with Crippen LogP contribution in [0.25, 0.3) is 11.6 Å². The molecule has 0 aliphatic carbocycles. The number of nitrogens with zero attached hydrogens (tertiary/aromatic N) is 1. The Hall–Kier alpha value is -3.32. The van der Waals surface area contributed by atoms with Gasteiger partial charge in [-0.2, -0.15) is 0 Å². The summed E-state index contributed by atoms with van der Waals surface area (Å²) in [5.74, 6) is -1.70. The molecule has 1 heterocycles. The third-order valence-corrected chi connectivity index (χ3v) is 5.58. The minimum Gasteiger partial charge on any atom is -0.505 e. The minimum atomic E-state index is -0.912. The van der Waals surface area contributed by atoms with Crippen molar-refractivity contribution in [2.24, 2.45) is 5.92 Å². The van der Waals surface area contributed by atoms with Gasteiger partial charge in [0.2, 0.25) is 0 Å². The van der Waals surface area contributed by atoms with Gasteiger partial charge in [0.15, 0.2) is 11.6 Å². The zero-order valence-electron chi connectivity index (χ0n) is 18.9. The van der Waals surface area contributed by atoms with Gasteiger partial charge in [-0.15, -0.1) is 6.58 Å². The second kappa shape index (κ2) is 12.8. The molecule has 3 rings (SSSR count). The maximum atomic E-state index is 13.8. The van der Waals surface area contributed by atoms with E-state index in [2.05, 4.69) is 11.6 Å². The number of aliphatic hydroxyl groups excluding tert-OH is 2. The lowest BCUT2D eigenvalue weighted by molar-refractivity contribution is -0.0270. The van der Waals surface area contributed by atoms with E-state index in [1.54, 1.807) is 30.5 Å². The van der Waals surface area contributed by atoms with Crippen LogP contribution in [0.4, 0.5) is 4.39 Å². The molecule has 3 N–H and O–H groups in total. The number of halogens is 1. The molecule has 3 atom stereocenters. The van der Waals surface area contributed by atoms with E-state index in [9.17, 15) is 19.7 Å². The molecule has 0 saturated heterocycles. The highest BCUT2D eigenvalue weighted by atomic mass is 19.1. The van der Waals surface area contributed by atoms with Crippen molar-refractivity contribution in [2.45, 2.75) is 31.7 Å². The standard InChI is InChI=1S/C28H30FNO4/c1-2-23(28(33)19-34-18-20-8-4-3-5-9-20)26(31)14-12-22(25-10-6-7-15-30-25)16-21-11-13-27(32)24(29)17-21/h2-11,13,15-17,23,26,28,31-33H,1,12,14,18-19H2/b22-16-/t23-,26-,28-/m1/s1. The fraction of sp³-hybridized carbons (Fsp3) is 0.250. The van der Waals surface area contributed by atoms with E-state index in [1.807, 2.05) is 42.5 Å². The monoisotopic (exact) mass is 463 g/mol. The molecule has 0 aliphatic heterocycles. The van der Waals surface area contributed by atoms with Crippen molar-refractivity contribution >= 4 is 11.6 Å². The number of aliphatic hydroxyl groups is 2. The number of hydrogen-bond acceptors (Lipinski definition) is 5. The molecule has 0 aliphatic rings. The van der Waals surface area contributed by atoms with Gasteiger partial charge in [-0.3, -0.25) is 4.98 Å². The molecule has 0 unspecified atom stereocenters. The predicted octanol–water partition coefficient (Wildman–Crippen LogP) is 4.99. The van der Waals surface area contributed by atoms with E-state index in [4.69, 9.17) is 4.74 Å². The third kappa shape index (κ3) is 7.35. The van der Waals surface area contributed by atoms with Crippen LogP contribution < -0.4 is 0 Å². The number of phenols is 1. The van der Waals surface area contributed by atoms with Gasteiger partial charge in [0.05, 0.1) is 31.1 Å². The van der Waals surface area contributed by atoms with Crippen LogP contribution in [-0.4, -0.2) is 39.1 Å². The quantitative estimate of drug-likeness (QED) is 0.330. The van der Waals surface area contributed by atoms with Crippen molar-refractivity contribution in [3.05, 3.63) is 108 Å². The van der Waals surface area contributed by atoms with Crippen LogP contribution in [0.3, 0.4) is 0 Å². The number of pyridine rings is 1. The number of phenolic OH excluding ortho intramolecular Hbond substituents is 1. The average molecular weight is 464 g/mol. The number of aromatic hydroxyl groups is 1. The number of benzene rings is 2. The molecule has 0 amide bonds. The van der Waals surface area contributed by atoms with Gasteiger partial charge >= 0.3 is 0 Å². The first-order chi connectivity index (χ1) is 16.5. The van der Waals surface area contributed by atoms with Gasteiger partial charge in [-0.05, 0) is 59.9 Å². The lowest BCUT2D eigenvalue weighted by atomic mass is 9.90. The lowest BCUT2D eigenvalue weighted by Gasteiger charge is -2.25. The Morgan fingerprint density at radius 3 is 2.47 bits per heavy atom. The van der Waals surface area contributed by atoms with Crippen LogP contribution in [0.15, 0.2) is 85.6 Å². The summed E-state index contributed by atoms with van der Waals surface area (Å²) in [5.41, 5.74) is 3.06. The first-order valence-electron chi connectivity index (χ1n) is 11.2. The first-order valence-corrected chi connectivity index (χ1v) is 11.2. The van der Waals surface area contributed by atoms with Crippen LogP contribution in [0.2, 0.25) is 0 Å². The van der Waals surface area contributed by atoms with Crippen molar-refractivity contribution < 1.29 is 24.4 Å². The summed E-state index contributed by atoms with van der Waals surface area (Å²) in [6.45, 7) is 4.21. The molecule has 1 aromatic heterocycles. The maximum Gasteiger partial charge on any atom is 0.165 e. The topological polar surface area (TPSA) is 82.8 Å². The molecule has 0 radical (unpaired) electrons. The Bertz CT molecular complexity index is 1070. The molecule has 178 valence electrons. The van der Waals surface area contributed by atoms with Crippen molar-refractivity contribution in [1.29, 1.82) is 0 Å². The van der Waals surface area contributed by atoms with Crippen molar-refractivity contribution in [3.63, 3.8) is 0 Å². The highest BCUT2D eigenvalue weighted by molar-refractivity contribution is 5.80.